The van der Waals surface area contributed by atoms with E-state index in [2.05, 4.69) is 11.4 Å². The number of aromatic nitrogens is 3. The van der Waals surface area contributed by atoms with Gasteiger partial charge in [-0.25, -0.2) is 14.8 Å². The van der Waals surface area contributed by atoms with Crippen LogP contribution in [0.3, 0.4) is 0 Å². The number of fused-ring (bicyclic) bond motifs is 2. The van der Waals surface area contributed by atoms with Crippen LogP contribution in [-0.4, -0.2) is 50.8 Å². The monoisotopic (exact) mass is 552 g/mol. The Labute approximate surface area is 235 Å². The number of thiazole rings is 1. The minimum Gasteiger partial charge on any atom is -0.447 e. The zero-order valence-corrected chi connectivity index (χ0v) is 22.9. The number of cyclic esters (lactones) is 1. The number of carbonyl (C=O) groups excluding carboxylic acids is 1. The molecule has 9 nitrogen and oxygen atoms in total. The van der Waals surface area contributed by atoms with E-state index in [1.54, 1.807) is 28.0 Å². The molecular formula is C30H28N6O3S. The molecule has 2 saturated heterocycles. The number of hydrogen-bond acceptors (Lipinski definition) is 8. The second-order valence-corrected chi connectivity index (χ2v) is 12.0. The highest BCUT2D eigenvalue weighted by atomic mass is 32.1. The van der Waals surface area contributed by atoms with Gasteiger partial charge in [-0.05, 0) is 68.4 Å². The highest BCUT2D eigenvalue weighted by Crippen LogP contribution is 2.45. The number of aryl methyl sites for hydroxylation is 1. The van der Waals surface area contributed by atoms with Gasteiger partial charge in [-0.15, -0.1) is 11.3 Å². The number of benzene rings is 2. The number of ether oxygens (including phenoxy) is 1. The zero-order chi connectivity index (χ0) is 27.4. The molecule has 4 aromatic rings. The maximum Gasteiger partial charge on any atom is 0.410 e. The van der Waals surface area contributed by atoms with Crippen molar-refractivity contribution in [2.75, 3.05) is 18.5 Å². The molecule has 0 unspecified atom stereocenters. The number of anilines is 1. The molecule has 2 atom stereocenters. The Balaban J connectivity index is 1.28. The predicted octanol–water partition coefficient (Wildman–Crippen LogP) is 5.02. The lowest BCUT2D eigenvalue weighted by molar-refractivity contribution is 0.153. The van der Waals surface area contributed by atoms with E-state index in [-0.39, 0.29) is 23.7 Å². The van der Waals surface area contributed by atoms with E-state index in [1.165, 1.54) is 17.7 Å². The van der Waals surface area contributed by atoms with Crippen LogP contribution in [0.5, 0.6) is 0 Å². The Morgan fingerprint density at radius 3 is 2.77 bits per heavy atom. The van der Waals surface area contributed by atoms with Crippen molar-refractivity contribution in [3.05, 3.63) is 74.8 Å². The average Bonchev–Trinajstić information content (AvgIpc) is 3.59. The first kappa shape index (κ1) is 24.8. The van der Waals surface area contributed by atoms with E-state index in [1.807, 2.05) is 42.3 Å². The van der Waals surface area contributed by atoms with Crippen LogP contribution in [0.1, 0.15) is 53.4 Å². The van der Waals surface area contributed by atoms with Crippen molar-refractivity contribution >= 4 is 34.0 Å². The molecule has 1 aliphatic carbocycles. The molecule has 3 aliphatic rings. The molecule has 2 aromatic carbocycles. The Hall–Kier alpha value is -4.23. The third-order valence-electron chi connectivity index (χ3n) is 8.15. The summed E-state index contributed by atoms with van der Waals surface area (Å²) in [6, 6.07) is 13.5. The lowest BCUT2D eigenvalue weighted by Gasteiger charge is -2.33. The Kier molecular flexibility index (Phi) is 6.04. The van der Waals surface area contributed by atoms with Crippen LogP contribution < -0.4 is 10.9 Å². The summed E-state index contributed by atoms with van der Waals surface area (Å²) < 4.78 is 6.95. The number of carbonyl (C=O) groups is 1. The standard InChI is InChI=1S/C30H28N6O3S/c1-17-33-26-11-23(28-32-14-27(40-28)20-6-7-20)25(34-21-8-9-35-22(10-21)16-39-30(35)38)12-24(26)29(37)36(17)15-19-4-2-18(13-31)3-5-19/h2-5,11-12,14,20-22,34H,6-10,15-16H2,1H3/t21-,22-/m0/s1. The second kappa shape index (κ2) is 9.75. The summed E-state index contributed by atoms with van der Waals surface area (Å²) in [5, 5.41) is 14.3. The van der Waals surface area contributed by atoms with Gasteiger partial charge < -0.3 is 15.0 Å². The summed E-state index contributed by atoms with van der Waals surface area (Å²) in [5.74, 6) is 1.24. The molecule has 2 aromatic heterocycles. The van der Waals surface area contributed by atoms with Crippen LogP contribution in [0.15, 0.2) is 47.4 Å². The number of nitrogens with zero attached hydrogens (tertiary/aromatic N) is 5. The van der Waals surface area contributed by atoms with E-state index in [4.69, 9.17) is 20.0 Å². The van der Waals surface area contributed by atoms with Crippen molar-refractivity contribution in [3.63, 3.8) is 0 Å². The lowest BCUT2D eigenvalue weighted by atomic mass is 9.97. The zero-order valence-electron chi connectivity index (χ0n) is 22.1. The van der Waals surface area contributed by atoms with E-state index in [0.717, 1.165) is 34.7 Å². The molecule has 4 heterocycles. The van der Waals surface area contributed by atoms with E-state index in [0.29, 0.717) is 47.9 Å². The summed E-state index contributed by atoms with van der Waals surface area (Å²) in [6.07, 6.45) is 5.76. The van der Waals surface area contributed by atoms with Crippen molar-refractivity contribution in [3.8, 4) is 16.6 Å². The fraction of sp³-hybridized carbons (Fsp3) is 0.367. The van der Waals surface area contributed by atoms with Gasteiger partial charge >= 0.3 is 6.09 Å². The maximum absolute atomic E-state index is 13.8. The van der Waals surface area contributed by atoms with Gasteiger partial charge in [-0.3, -0.25) is 9.36 Å². The molecule has 0 radical (unpaired) electrons. The number of nitriles is 1. The molecule has 3 fully saturated rings. The van der Waals surface area contributed by atoms with Gasteiger partial charge in [0.25, 0.3) is 5.56 Å². The molecule has 0 bridgehead atoms. The van der Waals surface area contributed by atoms with Gasteiger partial charge in [-0.1, -0.05) is 12.1 Å². The maximum atomic E-state index is 13.8. The first-order valence-corrected chi connectivity index (χ1v) is 14.5. The number of piperidine rings is 1. The predicted molar refractivity (Wildman–Crippen MR) is 153 cm³/mol. The smallest absolute Gasteiger partial charge is 0.410 e. The van der Waals surface area contributed by atoms with Crippen LogP contribution in [0, 0.1) is 18.3 Å². The minimum absolute atomic E-state index is 0.0675. The van der Waals surface area contributed by atoms with Gasteiger partial charge in [0.1, 0.15) is 17.4 Å². The molecule has 7 rings (SSSR count). The molecule has 10 heteroatoms. The third-order valence-corrected chi connectivity index (χ3v) is 9.34. The van der Waals surface area contributed by atoms with Crippen LogP contribution >= 0.6 is 11.3 Å². The van der Waals surface area contributed by atoms with Gasteiger partial charge in [0.2, 0.25) is 0 Å². The summed E-state index contributed by atoms with van der Waals surface area (Å²) in [7, 11) is 0. The number of nitrogens with one attached hydrogen (secondary N) is 1. The Morgan fingerprint density at radius 2 is 2.00 bits per heavy atom. The molecule has 2 aliphatic heterocycles. The van der Waals surface area contributed by atoms with E-state index >= 15 is 0 Å². The highest BCUT2D eigenvalue weighted by Gasteiger charge is 2.38. The Bertz CT molecular complexity index is 1730. The van der Waals surface area contributed by atoms with Gasteiger partial charge in [0.15, 0.2) is 0 Å². The number of hydrogen-bond donors (Lipinski definition) is 1. The quantitative estimate of drug-likeness (QED) is 0.357. The van der Waals surface area contributed by atoms with Crippen LogP contribution in [-0.2, 0) is 11.3 Å². The van der Waals surface area contributed by atoms with Gasteiger partial charge in [0, 0.05) is 34.9 Å². The summed E-state index contributed by atoms with van der Waals surface area (Å²) in [5.41, 5.74) is 3.85. The van der Waals surface area contributed by atoms with E-state index in [9.17, 15) is 9.59 Å². The molecule has 1 saturated carbocycles. The van der Waals surface area contributed by atoms with E-state index < -0.39 is 0 Å². The largest absolute Gasteiger partial charge is 0.447 e. The molecular weight excluding hydrogens is 524 g/mol. The molecule has 202 valence electrons. The second-order valence-electron chi connectivity index (χ2n) is 10.9. The fourth-order valence-electron chi connectivity index (χ4n) is 5.75. The SMILES string of the molecule is Cc1nc2cc(-c3ncc(C4CC4)s3)c(N[C@H]3CCN4C(=O)OC[C@@H]4C3)cc2c(=O)n1Cc1ccc(C#N)cc1. The first-order chi connectivity index (χ1) is 19.5. The van der Waals surface area contributed by atoms with Gasteiger partial charge in [0.05, 0.1) is 35.1 Å². The van der Waals surface area contributed by atoms with Crippen molar-refractivity contribution in [1.29, 1.82) is 5.26 Å². The fourth-order valence-corrected chi connectivity index (χ4v) is 6.86. The molecule has 0 spiro atoms. The average molecular weight is 553 g/mol. The van der Waals surface area contributed by atoms with Crippen molar-refractivity contribution in [1.82, 2.24) is 19.4 Å². The molecule has 1 N–H and O–H groups in total. The first-order valence-electron chi connectivity index (χ1n) is 13.7. The number of amides is 1. The summed E-state index contributed by atoms with van der Waals surface area (Å²) in [6.45, 7) is 3.28. The van der Waals surface area contributed by atoms with Crippen LogP contribution in [0.25, 0.3) is 21.5 Å². The highest BCUT2D eigenvalue weighted by molar-refractivity contribution is 7.15. The Morgan fingerprint density at radius 1 is 1.18 bits per heavy atom. The van der Waals surface area contributed by atoms with Crippen LogP contribution in [0.4, 0.5) is 10.5 Å². The summed E-state index contributed by atoms with van der Waals surface area (Å²) >= 11 is 1.72. The third kappa shape index (κ3) is 4.50. The van der Waals surface area contributed by atoms with Crippen molar-refractivity contribution < 1.29 is 9.53 Å². The van der Waals surface area contributed by atoms with Crippen molar-refractivity contribution in [2.24, 2.45) is 0 Å². The lowest BCUT2D eigenvalue weighted by Crippen LogP contribution is -2.45. The van der Waals surface area contributed by atoms with Crippen LogP contribution in [0.2, 0.25) is 0 Å². The normalized spacial score (nSPS) is 20.3. The van der Waals surface area contributed by atoms with Crippen molar-refractivity contribution in [2.45, 2.75) is 57.2 Å². The molecule has 1 amide bonds. The number of rotatable bonds is 6. The minimum atomic E-state index is -0.227. The van der Waals surface area contributed by atoms with Gasteiger partial charge in [-0.2, -0.15) is 5.26 Å². The molecule has 40 heavy (non-hydrogen) atoms. The summed E-state index contributed by atoms with van der Waals surface area (Å²) in [4.78, 5) is 38.6. The topological polar surface area (TPSA) is 113 Å².